The molecule has 0 amide bonds. The van der Waals surface area contributed by atoms with Gasteiger partial charge < -0.3 is 5.32 Å². The van der Waals surface area contributed by atoms with Gasteiger partial charge in [-0.2, -0.15) is 0 Å². The molecule has 3 rings (SSSR count). The molecule has 2 unspecified atom stereocenters. The largest absolute Gasteiger partial charge is 0.316 e. The van der Waals surface area contributed by atoms with Crippen LogP contribution in [-0.2, 0) is 9.84 Å². The lowest BCUT2D eigenvalue weighted by atomic mass is 9.66. The first-order valence-corrected chi connectivity index (χ1v) is 9.31. The van der Waals surface area contributed by atoms with Gasteiger partial charge in [-0.3, -0.25) is 0 Å². The van der Waals surface area contributed by atoms with E-state index in [0.717, 1.165) is 32.4 Å². The van der Waals surface area contributed by atoms with Crippen LogP contribution in [-0.4, -0.2) is 33.0 Å². The molecule has 0 bridgehead atoms. The molecule has 4 heteroatoms. The third kappa shape index (κ3) is 2.63. The van der Waals surface area contributed by atoms with Crippen molar-refractivity contribution >= 4 is 9.84 Å². The summed E-state index contributed by atoms with van der Waals surface area (Å²) in [6, 6.07) is 8.62. The Hall–Kier alpha value is -0.870. The lowest BCUT2D eigenvalue weighted by molar-refractivity contribution is 0.168. The summed E-state index contributed by atoms with van der Waals surface area (Å²) in [5, 5.41) is 3.45. The van der Waals surface area contributed by atoms with Crippen LogP contribution in [0.4, 0.5) is 0 Å². The fraction of sp³-hybridized carbons (Fsp3) is 0.625. The number of hydrogen-bond acceptors (Lipinski definition) is 3. The fourth-order valence-electron chi connectivity index (χ4n) is 3.94. The zero-order chi connectivity index (χ0) is 14.2. The van der Waals surface area contributed by atoms with E-state index in [-0.39, 0.29) is 5.41 Å². The molecule has 2 atom stereocenters. The first kappa shape index (κ1) is 14.1. The van der Waals surface area contributed by atoms with Crippen molar-refractivity contribution < 1.29 is 8.42 Å². The molecule has 2 fully saturated rings. The maximum absolute atomic E-state index is 12.1. The van der Waals surface area contributed by atoms with E-state index in [2.05, 4.69) is 36.5 Å². The van der Waals surface area contributed by atoms with Crippen molar-refractivity contribution in [2.75, 3.05) is 24.6 Å². The number of benzene rings is 1. The Morgan fingerprint density at radius 2 is 1.95 bits per heavy atom. The molecule has 2 aliphatic rings. The summed E-state index contributed by atoms with van der Waals surface area (Å²) in [5.74, 6) is 1.08. The summed E-state index contributed by atoms with van der Waals surface area (Å²) in [7, 11) is -2.87. The van der Waals surface area contributed by atoms with E-state index < -0.39 is 9.84 Å². The highest BCUT2D eigenvalue weighted by Crippen LogP contribution is 2.47. The smallest absolute Gasteiger partial charge is 0.150 e. The summed E-state index contributed by atoms with van der Waals surface area (Å²) in [4.78, 5) is 0. The molecule has 2 aliphatic heterocycles. The van der Waals surface area contributed by atoms with E-state index in [1.807, 2.05) is 0 Å². The van der Waals surface area contributed by atoms with E-state index in [0.29, 0.717) is 17.4 Å². The molecule has 0 radical (unpaired) electrons. The second-order valence-corrected chi connectivity index (χ2v) is 8.66. The number of hydrogen-bond donors (Lipinski definition) is 1. The molecule has 3 nitrogen and oxygen atoms in total. The number of nitrogens with one attached hydrogen (secondary N) is 1. The van der Waals surface area contributed by atoms with E-state index >= 15 is 0 Å². The van der Waals surface area contributed by atoms with Crippen LogP contribution in [0.25, 0.3) is 0 Å². The van der Waals surface area contributed by atoms with Gasteiger partial charge in [0.2, 0.25) is 0 Å². The summed E-state index contributed by atoms with van der Waals surface area (Å²) in [6.45, 7) is 3.93. The van der Waals surface area contributed by atoms with Gasteiger partial charge in [0.25, 0.3) is 0 Å². The topological polar surface area (TPSA) is 46.2 Å². The second kappa shape index (κ2) is 5.15. The predicted molar refractivity (Wildman–Crippen MR) is 81.7 cm³/mol. The maximum Gasteiger partial charge on any atom is 0.150 e. The van der Waals surface area contributed by atoms with Gasteiger partial charge in [-0.25, -0.2) is 8.42 Å². The average molecular weight is 293 g/mol. The second-order valence-electron chi connectivity index (χ2n) is 6.48. The van der Waals surface area contributed by atoms with E-state index in [4.69, 9.17) is 0 Å². The van der Waals surface area contributed by atoms with Crippen molar-refractivity contribution in [3.63, 3.8) is 0 Å². The van der Waals surface area contributed by atoms with Gasteiger partial charge in [0.05, 0.1) is 11.5 Å². The third-order valence-corrected chi connectivity index (χ3v) is 6.93. The predicted octanol–water partition coefficient (Wildman–Crippen LogP) is 2.27. The monoisotopic (exact) mass is 293 g/mol. The van der Waals surface area contributed by atoms with Gasteiger partial charge in [-0.1, -0.05) is 29.8 Å². The molecule has 2 heterocycles. The highest BCUT2D eigenvalue weighted by molar-refractivity contribution is 7.91. The molecule has 0 aliphatic carbocycles. The molecule has 0 saturated carbocycles. The van der Waals surface area contributed by atoms with E-state index in [9.17, 15) is 8.42 Å². The number of rotatable bonds is 1. The Morgan fingerprint density at radius 1 is 1.20 bits per heavy atom. The number of piperidine rings is 1. The minimum absolute atomic E-state index is 0.0441. The van der Waals surface area contributed by atoms with Gasteiger partial charge in [0.15, 0.2) is 9.84 Å². The minimum Gasteiger partial charge on any atom is -0.316 e. The van der Waals surface area contributed by atoms with Crippen molar-refractivity contribution in [1.29, 1.82) is 0 Å². The van der Waals surface area contributed by atoms with Crippen molar-refractivity contribution in [3.8, 4) is 0 Å². The van der Waals surface area contributed by atoms with Crippen molar-refractivity contribution in [2.24, 2.45) is 5.41 Å². The highest BCUT2D eigenvalue weighted by Gasteiger charge is 2.46. The third-order valence-electron chi connectivity index (χ3n) is 5.00. The molecule has 1 spiro atoms. The van der Waals surface area contributed by atoms with Crippen LogP contribution in [0.5, 0.6) is 0 Å². The van der Waals surface area contributed by atoms with Crippen molar-refractivity contribution in [3.05, 3.63) is 35.4 Å². The van der Waals surface area contributed by atoms with Crippen LogP contribution in [0.15, 0.2) is 24.3 Å². The molecule has 0 aromatic heterocycles. The van der Waals surface area contributed by atoms with Crippen molar-refractivity contribution in [2.45, 2.75) is 32.1 Å². The summed E-state index contributed by atoms with van der Waals surface area (Å²) >= 11 is 0. The molecular weight excluding hydrogens is 270 g/mol. The Labute approximate surface area is 121 Å². The summed E-state index contributed by atoms with van der Waals surface area (Å²) in [6.07, 6.45) is 2.85. The van der Waals surface area contributed by atoms with Crippen molar-refractivity contribution in [1.82, 2.24) is 5.32 Å². The zero-order valence-corrected chi connectivity index (χ0v) is 12.9. The SMILES string of the molecule is Cc1ccc(C2CNCCC23CCCS(=O)(=O)C3)cc1. The normalized spacial score (nSPS) is 33.1. The van der Waals surface area contributed by atoms with Crippen LogP contribution >= 0.6 is 0 Å². The van der Waals surface area contributed by atoms with Crippen LogP contribution in [0.2, 0.25) is 0 Å². The van der Waals surface area contributed by atoms with E-state index in [1.54, 1.807) is 0 Å². The average Bonchev–Trinajstić information content (AvgIpc) is 2.39. The number of aryl methyl sites for hydroxylation is 1. The number of sulfone groups is 1. The zero-order valence-electron chi connectivity index (χ0n) is 12.1. The quantitative estimate of drug-likeness (QED) is 0.864. The molecular formula is C16H23NO2S. The lowest BCUT2D eigenvalue weighted by Gasteiger charge is -2.47. The maximum atomic E-state index is 12.1. The first-order chi connectivity index (χ1) is 9.51. The minimum atomic E-state index is -2.87. The standard InChI is InChI=1S/C16H23NO2S/c1-13-3-5-14(6-4-13)15-11-17-9-8-16(15)7-2-10-20(18,19)12-16/h3-6,15,17H,2,7-12H2,1H3. The van der Waals surface area contributed by atoms with Crippen LogP contribution in [0, 0.1) is 12.3 Å². The molecule has 1 aromatic rings. The molecule has 2 saturated heterocycles. The Morgan fingerprint density at radius 3 is 2.65 bits per heavy atom. The van der Waals surface area contributed by atoms with Crippen LogP contribution in [0.1, 0.15) is 36.3 Å². The Bertz CT molecular complexity index is 575. The fourth-order valence-corrected chi connectivity index (χ4v) is 6.04. The Balaban J connectivity index is 1.96. The van der Waals surface area contributed by atoms with Crippen LogP contribution in [0.3, 0.4) is 0 Å². The first-order valence-electron chi connectivity index (χ1n) is 7.49. The molecule has 20 heavy (non-hydrogen) atoms. The molecule has 110 valence electrons. The molecule has 1 N–H and O–H groups in total. The van der Waals surface area contributed by atoms with Gasteiger partial charge in [0.1, 0.15) is 0 Å². The van der Waals surface area contributed by atoms with E-state index in [1.165, 1.54) is 11.1 Å². The summed E-state index contributed by atoms with van der Waals surface area (Å²) < 4.78 is 24.3. The summed E-state index contributed by atoms with van der Waals surface area (Å²) in [5.41, 5.74) is 2.50. The van der Waals surface area contributed by atoms with Gasteiger partial charge in [-0.05, 0) is 43.7 Å². The lowest BCUT2D eigenvalue weighted by Crippen LogP contribution is -2.49. The Kier molecular flexibility index (Phi) is 3.63. The van der Waals surface area contributed by atoms with Gasteiger partial charge >= 0.3 is 0 Å². The molecule has 1 aromatic carbocycles. The van der Waals surface area contributed by atoms with Gasteiger partial charge in [-0.15, -0.1) is 0 Å². The van der Waals surface area contributed by atoms with Gasteiger partial charge in [0, 0.05) is 12.5 Å². The highest BCUT2D eigenvalue weighted by atomic mass is 32.2. The van der Waals surface area contributed by atoms with Crippen LogP contribution < -0.4 is 5.32 Å².